The molecular formula is C6H10O2. The molecule has 0 aliphatic carbocycles. The number of allylic oxidation sites excluding steroid dienone is 2. The van der Waals surface area contributed by atoms with Gasteiger partial charge in [-0.1, -0.05) is 12.2 Å². The van der Waals surface area contributed by atoms with E-state index in [1.807, 2.05) is 0 Å². The molecule has 0 aliphatic rings. The fraction of sp³-hybridized carbons (Fsp3) is 0.333. The Morgan fingerprint density at radius 3 is 2.38 bits per heavy atom. The maximum Gasteiger partial charge on any atom is 0.0754 e. The summed E-state index contributed by atoms with van der Waals surface area (Å²) in [6, 6.07) is 0. The van der Waals surface area contributed by atoms with Gasteiger partial charge in [0.15, 0.2) is 0 Å². The van der Waals surface area contributed by atoms with Gasteiger partial charge in [0.25, 0.3) is 0 Å². The first-order valence-electron chi connectivity index (χ1n) is 2.47. The Hall–Kier alpha value is -0.760. The van der Waals surface area contributed by atoms with Crippen molar-refractivity contribution in [3.63, 3.8) is 0 Å². The average molecular weight is 114 g/mol. The summed E-state index contributed by atoms with van der Waals surface area (Å²) in [6.45, 7) is 0.0687. The van der Waals surface area contributed by atoms with Crippen molar-refractivity contribution in [1.82, 2.24) is 0 Å². The van der Waals surface area contributed by atoms with E-state index in [4.69, 9.17) is 10.2 Å². The molecular weight excluding hydrogens is 104 g/mol. The van der Waals surface area contributed by atoms with Gasteiger partial charge in [0.1, 0.15) is 0 Å². The molecule has 0 aromatic rings. The molecule has 0 fully saturated rings. The predicted octanol–water partition coefficient (Wildman–Crippen LogP) is 0.997. The van der Waals surface area contributed by atoms with Gasteiger partial charge >= 0.3 is 0 Å². The minimum absolute atomic E-state index is 0.0687. The van der Waals surface area contributed by atoms with E-state index in [2.05, 4.69) is 0 Å². The molecule has 2 heteroatoms. The molecule has 0 rings (SSSR count). The molecule has 0 aromatic heterocycles. The van der Waals surface area contributed by atoms with Crippen LogP contribution in [0.25, 0.3) is 0 Å². The molecule has 0 aromatic carbocycles. The Bertz CT molecular complexity index is 84.5. The summed E-state index contributed by atoms with van der Waals surface area (Å²) in [5, 5.41) is 16.3. The highest BCUT2D eigenvalue weighted by Gasteiger charge is 1.66. The Balaban J connectivity index is 3.03. The van der Waals surface area contributed by atoms with Crippen molar-refractivity contribution < 1.29 is 10.2 Å². The monoisotopic (exact) mass is 114 g/mol. The Morgan fingerprint density at radius 2 is 1.88 bits per heavy atom. The molecule has 0 saturated heterocycles. The van der Waals surface area contributed by atoms with Crippen molar-refractivity contribution in [1.29, 1.82) is 0 Å². The van der Waals surface area contributed by atoms with E-state index in [1.165, 1.54) is 0 Å². The molecule has 0 amide bonds. The van der Waals surface area contributed by atoms with Crippen LogP contribution in [0, 0.1) is 0 Å². The Morgan fingerprint density at radius 1 is 1.12 bits per heavy atom. The molecule has 0 unspecified atom stereocenters. The number of hydrogen-bond donors (Lipinski definition) is 2. The number of rotatable bonds is 3. The highest BCUT2D eigenvalue weighted by Crippen LogP contribution is 1.82. The van der Waals surface area contributed by atoms with Crippen molar-refractivity contribution in [2.45, 2.75) is 6.42 Å². The smallest absolute Gasteiger partial charge is 0.0754 e. The average Bonchev–Trinajstić information content (AvgIpc) is 1.81. The van der Waals surface area contributed by atoms with Gasteiger partial charge < -0.3 is 10.2 Å². The van der Waals surface area contributed by atoms with E-state index in [1.54, 1.807) is 18.2 Å². The lowest BCUT2D eigenvalue weighted by Crippen LogP contribution is -1.68. The third-order valence-electron chi connectivity index (χ3n) is 0.650. The standard InChI is InChI=1S/C6H10O2/c7-5-3-1-2-4-6-8/h1,3-4,6-8H,2,5H2. The van der Waals surface area contributed by atoms with Crippen molar-refractivity contribution >= 4 is 0 Å². The molecule has 8 heavy (non-hydrogen) atoms. The van der Waals surface area contributed by atoms with Crippen LogP contribution in [0.5, 0.6) is 0 Å². The molecule has 0 spiro atoms. The topological polar surface area (TPSA) is 40.5 Å². The van der Waals surface area contributed by atoms with Crippen LogP contribution >= 0.6 is 0 Å². The van der Waals surface area contributed by atoms with Crippen LogP contribution in [0.4, 0.5) is 0 Å². The van der Waals surface area contributed by atoms with Gasteiger partial charge in [0.2, 0.25) is 0 Å². The maximum atomic E-state index is 8.19. The fourth-order valence-electron chi connectivity index (χ4n) is 0.310. The van der Waals surface area contributed by atoms with Crippen molar-refractivity contribution in [3.8, 4) is 0 Å². The van der Waals surface area contributed by atoms with E-state index in [-0.39, 0.29) is 6.61 Å². The first-order valence-corrected chi connectivity index (χ1v) is 2.47. The maximum absolute atomic E-state index is 8.19. The lowest BCUT2D eigenvalue weighted by molar-refractivity contribution is 0.342. The van der Waals surface area contributed by atoms with Crippen molar-refractivity contribution in [2.24, 2.45) is 0 Å². The summed E-state index contributed by atoms with van der Waals surface area (Å²) >= 11 is 0. The van der Waals surface area contributed by atoms with Crippen LogP contribution in [0.1, 0.15) is 6.42 Å². The van der Waals surface area contributed by atoms with Gasteiger partial charge in [0, 0.05) is 0 Å². The van der Waals surface area contributed by atoms with E-state index < -0.39 is 0 Å². The first-order chi connectivity index (χ1) is 3.91. The summed E-state index contributed by atoms with van der Waals surface area (Å²) in [6.07, 6.45) is 6.65. The summed E-state index contributed by atoms with van der Waals surface area (Å²) in [7, 11) is 0. The van der Waals surface area contributed by atoms with Crippen molar-refractivity contribution in [2.75, 3.05) is 6.61 Å². The summed E-state index contributed by atoms with van der Waals surface area (Å²) in [5.41, 5.74) is 0. The largest absolute Gasteiger partial charge is 0.516 e. The third kappa shape index (κ3) is 5.24. The van der Waals surface area contributed by atoms with Gasteiger partial charge in [-0.15, -0.1) is 0 Å². The van der Waals surface area contributed by atoms with Gasteiger partial charge in [0.05, 0.1) is 12.9 Å². The first kappa shape index (κ1) is 7.24. The van der Waals surface area contributed by atoms with Crippen molar-refractivity contribution in [3.05, 3.63) is 24.5 Å². The molecule has 0 heterocycles. The molecule has 0 aliphatic heterocycles. The van der Waals surface area contributed by atoms with Gasteiger partial charge in [-0.25, -0.2) is 0 Å². The van der Waals surface area contributed by atoms with E-state index in [0.29, 0.717) is 6.42 Å². The SMILES string of the molecule is OC=CCC=CCO. The van der Waals surface area contributed by atoms with Gasteiger partial charge in [-0.05, 0) is 12.5 Å². The van der Waals surface area contributed by atoms with Crippen LogP contribution in [0.3, 0.4) is 0 Å². The van der Waals surface area contributed by atoms with Crippen LogP contribution in [0.15, 0.2) is 24.5 Å². The summed E-state index contributed by atoms with van der Waals surface area (Å²) < 4.78 is 0. The Kier molecular flexibility index (Phi) is 5.65. The molecule has 2 nitrogen and oxygen atoms in total. The minimum atomic E-state index is 0.0687. The molecule has 2 N–H and O–H groups in total. The van der Waals surface area contributed by atoms with Gasteiger partial charge in [-0.3, -0.25) is 0 Å². The lowest BCUT2D eigenvalue weighted by atomic mass is 10.4. The zero-order valence-electron chi connectivity index (χ0n) is 4.62. The van der Waals surface area contributed by atoms with E-state index in [0.717, 1.165) is 6.26 Å². The van der Waals surface area contributed by atoms with E-state index in [9.17, 15) is 0 Å². The normalized spacial score (nSPS) is 11.6. The second-order valence-electron chi connectivity index (χ2n) is 1.27. The number of aliphatic hydroxyl groups is 2. The zero-order valence-corrected chi connectivity index (χ0v) is 4.62. The molecule has 0 bridgehead atoms. The van der Waals surface area contributed by atoms with Crippen LogP contribution in [-0.4, -0.2) is 16.8 Å². The molecule has 0 radical (unpaired) electrons. The second kappa shape index (κ2) is 6.24. The zero-order chi connectivity index (χ0) is 6.24. The Labute approximate surface area is 48.8 Å². The van der Waals surface area contributed by atoms with Crippen LogP contribution in [0.2, 0.25) is 0 Å². The summed E-state index contributed by atoms with van der Waals surface area (Å²) in [4.78, 5) is 0. The number of aliphatic hydroxyl groups excluding tert-OH is 2. The second-order valence-corrected chi connectivity index (χ2v) is 1.27. The van der Waals surface area contributed by atoms with Crippen LogP contribution < -0.4 is 0 Å². The third-order valence-corrected chi connectivity index (χ3v) is 0.650. The summed E-state index contributed by atoms with van der Waals surface area (Å²) in [5.74, 6) is 0. The lowest BCUT2D eigenvalue weighted by Gasteiger charge is -1.77. The number of hydrogen-bond acceptors (Lipinski definition) is 2. The molecule has 0 saturated carbocycles. The highest BCUT2D eigenvalue weighted by atomic mass is 16.2. The predicted molar refractivity (Wildman–Crippen MR) is 32.6 cm³/mol. The van der Waals surface area contributed by atoms with E-state index >= 15 is 0 Å². The van der Waals surface area contributed by atoms with Gasteiger partial charge in [-0.2, -0.15) is 0 Å². The quantitative estimate of drug-likeness (QED) is 0.424. The fourth-order valence-corrected chi connectivity index (χ4v) is 0.310. The van der Waals surface area contributed by atoms with Crippen LogP contribution in [-0.2, 0) is 0 Å². The minimum Gasteiger partial charge on any atom is -0.516 e. The molecule has 0 atom stereocenters. The molecule has 46 valence electrons. The highest BCUT2D eigenvalue weighted by molar-refractivity contribution is 4.89.